The molecule has 1 fully saturated rings. The van der Waals surface area contributed by atoms with Gasteiger partial charge in [-0.15, -0.1) is 0 Å². The number of carboxylic acids is 1. The van der Waals surface area contributed by atoms with E-state index in [0.717, 1.165) is 30.8 Å². The van der Waals surface area contributed by atoms with Crippen LogP contribution < -0.4 is 10.5 Å². The van der Waals surface area contributed by atoms with Gasteiger partial charge in [0.25, 0.3) is 0 Å². The van der Waals surface area contributed by atoms with E-state index >= 15 is 0 Å². The average Bonchev–Trinajstić information content (AvgIpc) is 2.46. The summed E-state index contributed by atoms with van der Waals surface area (Å²) >= 11 is 0. The second-order valence-electron chi connectivity index (χ2n) is 5.03. The molecule has 5 nitrogen and oxygen atoms in total. The third-order valence-corrected chi connectivity index (χ3v) is 3.40. The Labute approximate surface area is 118 Å². The number of carbonyl (C=O) groups is 1. The molecule has 2 unspecified atom stereocenters. The second-order valence-corrected chi connectivity index (χ2v) is 5.03. The number of para-hydroxylation sites is 1. The highest BCUT2D eigenvalue weighted by molar-refractivity contribution is 5.66. The third-order valence-electron chi connectivity index (χ3n) is 3.40. The molecule has 0 bridgehead atoms. The minimum atomic E-state index is -0.834. The summed E-state index contributed by atoms with van der Waals surface area (Å²) in [6.07, 6.45) is 2.48. The molecule has 5 heteroatoms. The molecular weight excluding hydrogens is 258 g/mol. The molecule has 3 N–H and O–H groups in total. The van der Waals surface area contributed by atoms with Crippen molar-refractivity contribution in [3.63, 3.8) is 0 Å². The molecule has 1 saturated heterocycles. The van der Waals surface area contributed by atoms with E-state index < -0.39 is 5.97 Å². The summed E-state index contributed by atoms with van der Waals surface area (Å²) in [7, 11) is 0. The van der Waals surface area contributed by atoms with E-state index in [0.29, 0.717) is 13.0 Å². The number of rotatable bonds is 6. The summed E-state index contributed by atoms with van der Waals surface area (Å²) in [6, 6.07) is 7.23. The Kier molecular flexibility index (Phi) is 5.38. The smallest absolute Gasteiger partial charge is 0.303 e. The summed E-state index contributed by atoms with van der Waals surface area (Å²) in [5.74, 6) is -0.0968. The lowest BCUT2D eigenvalue weighted by Crippen LogP contribution is -2.28. The normalized spacial score (nSPS) is 20.4. The van der Waals surface area contributed by atoms with E-state index in [1.165, 1.54) is 0 Å². The number of nitrogens with two attached hydrogens (primary N) is 1. The Morgan fingerprint density at radius 2 is 2.30 bits per heavy atom. The zero-order valence-electron chi connectivity index (χ0n) is 11.5. The van der Waals surface area contributed by atoms with Gasteiger partial charge in [-0.1, -0.05) is 18.2 Å². The Morgan fingerprint density at radius 1 is 1.50 bits per heavy atom. The van der Waals surface area contributed by atoms with Crippen molar-refractivity contribution in [2.75, 3.05) is 13.2 Å². The van der Waals surface area contributed by atoms with Crippen LogP contribution in [0.15, 0.2) is 24.3 Å². The van der Waals surface area contributed by atoms with Crippen LogP contribution in [-0.4, -0.2) is 30.4 Å². The fraction of sp³-hybridized carbons (Fsp3) is 0.533. The first-order chi connectivity index (χ1) is 9.66. The maximum Gasteiger partial charge on any atom is 0.303 e. The summed E-state index contributed by atoms with van der Waals surface area (Å²) < 4.78 is 11.4. The van der Waals surface area contributed by atoms with Crippen molar-refractivity contribution in [1.82, 2.24) is 0 Å². The third kappa shape index (κ3) is 4.21. The fourth-order valence-electron chi connectivity index (χ4n) is 2.31. The van der Waals surface area contributed by atoms with E-state index in [1.807, 2.05) is 24.3 Å². The van der Waals surface area contributed by atoms with Gasteiger partial charge in [0.2, 0.25) is 0 Å². The van der Waals surface area contributed by atoms with Crippen LogP contribution in [-0.2, 0) is 9.53 Å². The lowest BCUT2D eigenvalue weighted by atomic mass is 10.0. The van der Waals surface area contributed by atoms with Gasteiger partial charge < -0.3 is 20.3 Å². The van der Waals surface area contributed by atoms with Crippen molar-refractivity contribution in [3.05, 3.63) is 29.8 Å². The minimum absolute atomic E-state index is 0.0524. The number of carboxylic acid groups (broad SMARTS) is 1. The van der Waals surface area contributed by atoms with Gasteiger partial charge in [0, 0.05) is 24.6 Å². The standard InChI is InChI=1S/C15H21NO4/c16-13(7-8-15(17)18)12-5-1-2-6-14(12)20-11-4-3-9-19-10-11/h1-2,5-6,11,13H,3-4,7-10,16H2,(H,17,18). The summed E-state index contributed by atoms with van der Waals surface area (Å²) in [5.41, 5.74) is 6.94. The molecule has 0 aromatic heterocycles. The largest absolute Gasteiger partial charge is 0.488 e. The number of hydrogen-bond acceptors (Lipinski definition) is 4. The zero-order chi connectivity index (χ0) is 14.4. The molecule has 0 aliphatic carbocycles. The van der Waals surface area contributed by atoms with Gasteiger partial charge >= 0.3 is 5.97 Å². The Bertz CT molecular complexity index is 443. The second kappa shape index (κ2) is 7.26. The summed E-state index contributed by atoms with van der Waals surface area (Å²) in [5, 5.41) is 8.74. The monoisotopic (exact) mass is 279 g/mol. The first-order valence-corrected chi connectivity index (χ1v) is 6.97. The van der Waals surface area contributed by atoms with Crippen LogP contribution in [0.4, 0.5) is 0 Å². The predicted octanol–water partition coefficient (Wildman–Crippen LogP) is 2.11. The van der Waals surface area contributed by atoms with Gasteiger partial charge in [0.05, 0.1) is 6.61 Å². The lowest BCUT2D eigenvalue weighted by molar-refractivity contribution is -0.137. The molecule has 1 aliphatic heterocycles. The molecule has 2 rings (SSSR count). The van der Waals surface area contributed by atoms with Crippen LogP contribution in [0.1, 0.15) is 37.3 Å². The van der Waals surface area contributed by atoms with Crippen LogP contribution in [0.2, 0.25) is 0 Å². The molecule has 110 valence electrons. The SMILES string of the molecule is NC(CCC(=O)O)c1ccccc1OC1CCCOC1. The van der Waals surface area contributed by atoms with Crippen LogP contribution >= 0.6 is 0 Å². The molecule has 0 saturated carbocycles. The molecule has 1 aliphatic rings. The number of hydrogen-bond donors (Lipinski definition) is 2. The molecule has 0 amide bonds. The van der Waals surface area contributed by atoms with Gasteiger partial charge in [-0.3, -0.25) is 4.79 Å². The van der Waals surface area contributed by atoms with E-state index in [1.54, 1.807) is 0 Å². The first kappa shape index (κ1) is 14.8. The highest BCUT2D eigenvalue weighted by Gasteiger charge is 2.19. The van der Waals surface area contributed by atoms with Crippen molar-refractivity contribution in [1.29, 1.82) is 0 Å². The number of aliphatic carboxylic acids is 1. The molecule has 0 spiro atoms. The van der Waals surface area contributed by atoms with Gasteiger partial charge in [-0.05, 0) is 25.3 Å². The lowest BCUT2D eigenvalue weighted by Gasteiger charge is -2.25. The van der Waals surface area contributed by atoms with Crippen molar-refractivity contribution in [3.8, 4) is 5.75 Å². The van der Waals surface area contributed by atoms with E-state index in [-0.39, 0.29) is 18.6 Å². The van der Waals surface area contributed by atoms with Gasteiger partial charge in [0.1, 0.15) is 11.9 Å². The Balaban J connectivity index is 2.02. The molecule has 1 heterocycles. The quantitative estimate of drug-likeness (QED) is 0.833. The predicted molar refractivity (Wildman–Crippen MR) is 74.7 cm³/mol. The highest BCUT2D eigenvalue weighted by Crippen LogP contribution is 2.28. The van der Waals surface area contributed by atoms with Crippen molar-refractivity contribution < 1.29 is 19.4 Å². The van der Waals surface area contributed by atoms with Crippen molar-refractivity contribution in [2.24, 2.45) is 5.73 Å². The number of benzene rings is 1. The van der Waals surface area contributed by atoms with Crippen molar-refractivity contribution >= 4 is 5.97 Å². The first-order valence-electron chi connectivity index (χ1n) is 6.97. The van der Waals surface area contributed by atoms with Crippen LogP contribution in [0.5, 0.6) is 5.75 Å². The van der Waals surface area contributed by atoms with Crippen LogP contribution in [0.3, 0.4) is 0 Å². The molecule has 0 radical (unpaired) electrons. The van der Waals surface area contributed by atoms with Crippen LogP contribution in [0, 0.1) is 0 Å². The van der Waals surface area contributed by atoms with E-state index in [9.17, 15) is 4.79 Å². The molecule has 20 heavy (non-hydrogen) atoms. The van der Waals surface area contributed by atoms with Crippen molar-refractivity contribution in [2.45, 2.75) is 37.8 Å². The molecule has 1 aromatic carbocycles. The van der Waals surface area contributed by atoms with E-state index in [2.05, 4.69) is 0 Å². The topological polar surface area (TPSA) is 81.8 Å². The minimum Gasteiger partial charge on any atom is -0.488 e. The van der Waals surface area contributed by atoms with Crippen LogP contribution in [0.25, 0.3) is 0 Å². The zero-order valence-corrected chi connectivity index (χ0v) is 11.5. The van der Waals surface area contributed by atoms with E-state index in [4.69, 9.17) is 20.3 Å². The summed E-state index contributed by atoms with van der Waals surface area (Å²) in [6.45, 7) is 1.39. The number of ether oxygens (including phenoxy) is 2. The molecular formula is C15H21NO4. The van der Waals surface area contributed by atoms with Gasteiger partial charge in [-0.2, -0.15) is 0 Å². The Morgan fingerprint density at radius 3 is 3.00 bits per heavy atom. The molecule has 1 aromatic rings. The van der Waals surface area contributed by atoms with Gasteiger partial charge in [-0.25, -0.2) is 0 Å². The molecule has 2 atom stereocenters. The summed E-state index contributed by atoms with van der Waals surface area (Å²) in [4.78, 5) is 10.6. The maximum atomic E-state index is 10.6. The highest BCUT2D eigenvalue weighted by atomic mass is 16.5. The maximum absolute atomic E-state index is 10.6. The fourth-order valence-corrected chi connectivity index (χ4v) is 2.31. The van der Waals surface area contributed by atoms with Gasteiger partial charge in [0.15, 0.2) is 0 Å². The average molecular weight is 279 g/mol. The Hall–Kier alpha value is -1.59.